The number of carbonyl (C=O) groups excluding carboxylic acids is 1. The standard InChI is InChI=1S/C19H22N2O2/c1-20(2)16-8-4-6-15(12-16)19(22)21-11-5-7-14-9-10-17(23-3)13-18(14)21/h4,6,8-10,12-13H,5,7,11H2,1-3H3. The van der Waals surface area contributed by atoms with Crippen LogP contribution in [-0.4, -0.2) is 33.7 Å². The van der Waals surface area contributed by atoms with Crippen molar-refractivity contribution in [1.29, 1.82) is 0 Å². The lowest BCUT2D eigenvalue weighted by molar-refractivity contribution is 0.0985. The van der Waals surface area contributed by atoms with E-state index in [2.05, 4.69) is 6.07 Å². The SMILES string of the molecule is COc1ccc2c(c1)N(C(=O)c1cccc(N(C)C)c1)CCC2. The van der Waals surface area contributed by atoms with Crippen molar-refractivity contribution in [3.63, 3.8) is 0 Å². The number of rotatable bonds is 3. The van der Waals surface area contributed by atoms with Gasteiger partial charge in [0.1, 0.15) is 5.75 Å². The second kappa shape index (κ2) is 6.32. The summed E-state index contributed by atoms with van der Waals surface area (Å²) in [5.41, 5.74) is 3.91. The number of ether oxygens (including phenoxy) is 1. The quantitative estimate of drug-likeness (QED) is 0.871. The minimum absolute atomic E-state index is 0.0444. The topological polar surface area (TPSA) is 32.8 Å². The molecule has 0 fully saturated rings. The van der Waals surface area contributed by atoms with E-state index in [1.165, 1.54) is 5.56 Å². The Bertz CT molecular complexity index is 725. The first kappa shape index (κ1) is 15.4. The molecule has 0 spiro atoms. The van der Waals surface area contributed by atoms with E-state index in [1.54, 1.807) is 7.11 Å². The average molecular weight is 310 g/mol. The molecule has 0 saturated carbocycles. The molecule has 4 heteroatoms. The highest BCUT2D eigenvalue weighted by molar-refractivity contribution is 6.07. The zero-order chi connectivity index (χ0) is 16.4. The van der Waals surface area contributed by atoms with Crippen molar-refractivity contribution in [3.05, 3.63) is 53.6 Å². The fourth-order valence-corrected chi connectivity index (χ4v) is 2.97. The zero-order valence-corrected chi connectivity index (χ0v) is 13.9. The maximum atomic E-state index is 13.0. The Hall–Kier alpha value is -2.49. The van der Waals surface area contributed by atoms with Gasteiger partial charge in [-0.1, -0.05) is 12.1 Å². The molecule has 1 aliphatic heterocycles. The summed E-state index contributed by atoms with van der Waals surface area (Å²) in [6, 6.07) is 13.7. The van der Waals surface area contributed by atoms with Gasteiger partial charge in [0.15, 0.2) is 0 Å². The van der Waals surface area contributed by atoms with Crippen LogP contribution in [0.15, 0.2) is 42.5 Å². The second-order valence-corrected chi connectivity index (χ2v) is 6.00. The first-order chi connectivity index (χ1) is 11.1. The van der Waals surface area contributed by atoms with E-state index in [4.69, 9.17) is 4.74 Å². The minimum Gasteiger partial charge on any atom is -0.497 e. The van der Waals surface area contributed by atoms with Gasteiger partial charge in [-0.05, 0) is 42.7 Å². The number of hydrogen-bond acceptors (Lipinski definition) is 3. The van der Waals surface area contributed by atoms with E-state index < -0.39 is 0 Å². The van der Waals surface area contributed by atoms with Gasteiger partial charge in [0, 0.05) is 38.0 Å². The molecule has 1 amide bonds. The second-order valence-electron chi connectivity index (χ2n) is 6.00. The lowest BCUT2D eigenvalue weighted by Gasteiger charge is -2.30. The molecule has 0 radical (unpaired) electrons. The summed E-state index contributed by atoms with van der Waals surface area (Å²) < 4.78 is 5.32. The van der Waals surface area contributed by atoms with Crippen molar-refractivity contribution in [3.8, 4) is 5.75 Å². The summed E-state index contributed by atoms with van der Waals surface area (Å²) in [4.78, 5) is 16.9. The van der Waals surface area contributed by atoms with Crippen LogP contribution in [0.4, 0.5) is 11.4 Å². The van der Waals surface area contributed by atoms with E-state index in [0.29, 0.717) is 5.56 Å². The molecule has 4 nitrogen and oxygen atoms in total. The summed E-state index contributed by atoms with van der Waals surface area (Å²) in [5.74, 6) is 0.827. The van der Waals surface area contributed by atoms with Crippen LogP contribution in [0.25, 0.3) is 0 Å². The molecule has 3 rings (SSSR count). The maximum Gasteiger partial charge on any atom is 0.258 e. The molecule has 0 bridgehead atoms. The molecule has 1 aliphatic rings. The van der Waals surface area contributed by atoms with Gasteiger partial charge in [0.05, 0.1) is 12.8 Å². The van der Waals surface area contributed by atoms with Crippen LogP contribution < -0.4 is 14.5 Å². The Morgan fingerprint density at radius 2 is 2.00 bits per heavy atom. The van der Waals surface area contributed by atoms with Gasteiger partial charge in [-0.2, -0.15) is 0 Å². The zero-order valence-electron chi connectivity index (χ0n) is 13.9. The molecule has 0 unspecified atom stereocenters. The summed E-state index contributed by atoms with van der Waals surface area (Å²) >= 11 is 0. The first-order valence-corrected chi connectivity index (χ1v) is 7.86. The van der Waals surface area contributed by atoms with E-state index >= 15 is 0 Å². The van der Waals surface area contributed by atoms with Gasteiger partial charge >= 0.3 is 0 Å². The van der Waals surface area contributed by atoms with Crippen LogP contribution >= 0.6 is 0 Å². The Morgan fingerprint density at radius 3 is 2.74 bits per heavy atom. The van der Waals surface area contributed by atoms with Crippen molar-refractivity contribution >= 4 is 17.3 Å². The van der Waals surface area contributed by atoms with E-state index in [0.717, 1.165) is 36.5 Å². The number of methoxy groups -OCH3 is 1. The van der Waals surface area contributed by atoms with E-state index in [9.17, 15) is 4.79 Å². The number of amides is 1. The number of nitrogens with zero attached hydrogens (tertiary/aromatic N) is 2. The van der Waals surface area contributed by atoms with Gasteiger partial charge in [0.2, 0.25) is 0 Å². The molecule has 0 saturated heterocycles. The van der Waals surface area contributed by atoms with E-state index in [1.807, 2.05) is 60.3 Å². The normalized spacial score (nSPS) is 13.4. The largest absolute Gasteiger partial charge is 0.497 e. The molecule has 0 atom stereocenters. The van der Waals surface area contributed by atoms with Crippen LogP contribution in [-0.2, 0) is 6.42 Å². The van der Waals surface area contributed by atoms with Crippen molar-refractivity contribution < 1.29 is 9.53 Å². The lowest BCUT2D eigenvalue weighted by Crippen LogP contribution is -2.35. The molecular formula is C19H22N2O2. The molecule has 120 valence electrons. The number of aryl methyl sites for hydroxylation is 1. The van der Waals surface area contributed by atoms with Crippen molar-refractivity contribution in [1.82, 2.24) is 0 Å². The summed E-state index contributed by atoms with van der Waals surface area (Å²) in [5, 5.41) is 0. The molecule has 23 heavy (non-hydrogen) atoms. The Labute approximate surface area is 137 Å². The number of fused-ring (bicyclic) bond motifs is 1. The third-order valence-corrected chi connectivity index (χ3v) is 4.27. The Kier molecular flexibility index (Phi) is 4.24. The molecule has 2 aromatic carbocycles. The van der Waals surface area contributed by atoms with Gasteiger partial charge in [-0.15, -0.1) is 0 Å². The molecule has 0 aliphatic carbocycles. The van der Waals surface area contributed by atoms with Gasteiger partial charge < -0.3 is 14.5 Å². The highest BCUT2D eigenvalue weighted by Crippen LogP contribution is 2.32. The number of hydrogen-bond donors (Lipinski definition) is 0. The van der Waals surface area contributed by atoms with Crippen molar-refractivity contribution in [2.45, 2.75) is 12.8 Å². The van der Waals surface area contributed by atoms with Gasteiger partial charge in [0.25, 0.3) is 5.91 Å². The van der Waals surface area contributed by atoms with Gasteiger partial charge in [-0.3, -0.25) is 4.79 Å². The Morgan fingerprint density at radius 1 is 1.17 bits per heavy atom. The van der Waals surface area contributed by atoms with Crippen LogP contribution in [0, 0.1) is 0 Å². The molecule has 0 N–H and O–H groups in total. The van der Waals surface area contributed by atoms with Crippen LogP contribution in [0.2, 0.25) is 0 Å². The third-order valence-electron chi connectivity index (χ3n) is 4.27. The summed E-state index contributed by atoms with van der Waals surface area (Å²) in [6.07, 6.45) is 1.99. The number of benzene rings is 2. The number of anilines is 2. The maximum absolute atomic E-state index is 13.0. The molecule has 1 heterocycles. The third kappa shape index (κ3) is 3.02. The number of carbonyl (C=O) groups is 1. The van der Waals surface area contributed by atoms with Crippen LogP contribution in [0.5, 0.6) is 5.75 Å². The van der Waals surface area contributed by atoms with Crippen molar-refractivity contribution in [2.24, 2.45) is 0 Å². The van der Waals surface area contributed by atoms with E-state index in [-0.39, 0.29) is 5.91 Å². The highest BCUT2D eigenvalue weighted by Gasteiger charge is 2.24. The monoisotopic (exact) mass is 310 g/mol. The predicted octanol–water partition coefficient (Wildman–Crippen LogP) is 3.35. The lowest BCUT2D eigenvalue weighted by atomic mass is 10.0. The smallest absolute Gasteiger partial charge is 0.258 e. The minimum atomic E-state index is 0.0444. The predicted molar refractivity (Wildman–Crippen MR) is 93.8 cm³/mol. The van der Waals surface area contributed by atoms with Gasteiger partial charge in [-0.25, -0.2) is 0 Å². The Balaban J connectivity index is 1.97. The highest BCUT2D eigenvalue weighted by atomic mass is 16.5. The van der Waals surface area contributed by atoms with Crippen LogP contribution in [0.3, 0.4) is 0 Å². The van der Waals surface area contributed by atoms with Crippen LogP contribution in [0.1, 0.15) is 22.3 Å². The fraction of sp³-hybridized carbons (Fsp3) is 0.316. The molecular weight excluding hydrogens is 288 g/mol. The summed E-state index contributed by atoms with van der Waals surface area (Å²) in [7, 11) is 5.60. The van der Waals surface area contributed by atoms with Crippen molar-refractivity contribution in [2.75, 3.05) is 37.5 Å². The first-order valence-electron chi connectivity index (χ1n) is 7.86. The molecule has 2 aromatic rings. The molecule has 0 aromatic heterocycles. The fourth-order valence-electron chi connectivity index (χ4n) is 2.97. The average Bonchev–Trinajstić information content (AvgIpc) is 2.60. The summed E-state index contributed by atoms with van der Waals surface area (Å²) in [6.45, 7) is 0.741.